The number of nitro benzene ring substituents is 1. The molecule has 2 aromatic heterocycles. The van der Waals surface area contributed by atoms with E-state index in [0.29, 0.717) is 17.1 Å². The van der Waals surface area contributed by atoms with Gasteiger partial charge in [-0.1, -0.05) is 12.1 Å². The normalized spacial score (nSPS) is 11.3. The lowest BCUT2D eigenvalue weighted by Crippen LogP contribution is -1.95. The molecule has 0 radical (unpaired) electrons. The van der Waals surface area contributed by atoms with Crippen molar-refractivity contribution in [2.24, 2.45) is 0 Å². The maximum atomic E-state index is 12.2. The molecule has 0 amide bonds. The molecule has 2 aromatic carbocycles. The van der Waals surface area contributed by atoms with E-state index in [9.17, 15) is 14.9 Å². The van der Waals surface area contributed by atoms with Crippen LogP contribution in [0, 0.1) is 10.1 Å². The molecule has 0 saturated heterocycles. The summed E-state index contributed by atoms with van der Waals surface area (Å²) in [5.41, 5.74) is 1.23. The monoisotopic (exact) mass is 376 g/mol. The average molecular weight is 376 g/mol. The second-order valence-electron chi connectivity index (χ2n) is 5.69. The summed E-state index contributed by atoms with van der Waals surface area (Å²) in [4.78, 5) is 26.9. The number of non-ortho nitro benzene ring substituents is 1. The van der Waals surface area contributed by atoms with Gasteiger partial charge in [-0.15, -0.1) is 11.3 Å². The van der Waals surface area contributed by atoms with Crippen LogP contribution in [0.2, 0.25) is 0 Å². The summed E-state index contributed by atoms with van der Waals surface area (Å²) in [6.45, 7) is 0. The van der Waals surface area contributed by atoms with Crippen LogP contribution in [0.5, 0.6) is 0 Å². The molecule has 0 atom stereocenters. The molecule has 0 bridgehead atoms. The standard InChI is InChI=1S/C20H12N2O4S/c23-17(13-5-7-14(8-6-13)22(24)25)11-9-15-10-12-18(26-15)20-21-16-3-1-2-4-19(16)27-20/h1-12H/b11-9+. The van der Waals surface area contributed by atoms with Gasteiger partial charge in [-0.05, 0) is 48.6 Å². The summed E-state index contributed by atoms with van der Waals surface area (Å²) in [5.74, 6) is 0.904. The second-order valence-corrected chi connectivity index (χ2v) is 6.72. The Morgan fingerprint density at radius 1 is 1.07 bits per heavy atom. The minimum absolute atomic E-state index is 0.0537. The summed E-state index contributed by atoms with van der Waals surface area (Å²) in [7, 11) is 0. The van der Waals surface area contributed by atoms with Crippen molar-refractivity contribution in [3.05, 3.63) is 88.2 Å². The third kappa shape index (κ3) is 3.54. The number of thiazole rings is 1. The Labute approximate surface area is 157 Å². The predicted octanol–water partition coefficient (Wildman–Crippen LogP) is 5.36. The Morgan fingerprint density at radius 2 is 1.85 bits per heavy atom. The third-order valence-corrected chi connectivity index (χ3v) is 4.94. The van der Waals surface area contributed by atoms with Crippen molar-refractivity contribution in [1.82, 2.24) is 4.98 Å². The maximum absolute atomic E-state index is 12.2. The Morgan fingerprint density at radius 3 is 2.59 bits per heavy atom. The minimum Gasteiger partial charge on any atom is -0.454 e. The summed E-state index contributed by atoms with van der Waals surface area (Å²) < 4.78 is 6.83. The van der Waals surface area contributed by atoms with Crippen molar-refractivity contribution >= 4 is 39.1 Å². The third-order valence-electron chi connectivity index (χ3n) is 3.89. The molecule has 27 heavy (non-hydrogen) atoms. The summed E-state index contributed by atoms with van der Waals surface area (Å²) in [6, 6.07) is 16.9. The highest BCUT2D eigenvalue weighted by Gasteiger charge is 2.10. The van der Waals surface area contributed by atoms with Crippen molar-refractivity contribution in [3.63, 3.8) is 0 Å². The number of nitro groups is 1. The number of allylic oxidation sites excluding steroid dienone is 1. The van der Waals surface area contributed by atoms with Crippen LogP contribution < -0.4 is 0 Å². The molecule has 0 unspecified atom stereocenters. The summed E-state index contributed by atoms with van der Waals surface area (Å²) >= 11 is 1.54. The molecular weight excluding hydrogens is 364 g/mol. The predicted molar refractivity (Wildman–Crippen MR) is 104 cm³/mol. The van der Waals surface area contributed by atoms with E-state index in [4.69, 9.17) is 4.42 Å². The summed E-state index contributed by atoms with van der Waals surface area (Å²) in [6.07, 6.45) is 2.95. The fourth-order valence-electron chi connectivity index (χ4n) is 2.54. The van der Waals surface area contributed by atoms with Crippen LogP contribution in [0.4, 0.5) is 5.69 Å². The van der Waals surface area contributed by atoms with E-state index in [2.05, 4.69) is 4.98 Å². The molecule has 132 valence electrons. The van der Waals surface area contributed by atoms with Crippen molar-refractivity contribution in [2.75, 3.05) is 0 Å². The number of hydrogen-bond acceptors (Lipinski definition) is 6. The highest BCUT2D eigenvalue weighted by molar-refractivity contribution is 7.21. The molecule has 6 nitrogen and oxygen atoms in total. The van der Waals surface area contributed by atoms with E-state index in [1.54, 1.807) is 12.1 Å². The lowest BCUT2D eigenvalue weighted by atomic mass is 10.1. The van der Waals surface area contributed by atoms with Crippen LogP contribution >= 0.6 is 11.3 Å². The zero-order chi connectivity index (χ0) is 18.8. The second kappa shape index (κ2) is 6.97. The quantitative estimate of drug-likeness (QED) is 0.202. The first kappa shape index (κ1) is 16.9. The van der Waals surface area contributed by atoms with Gasteiger partial charge in [0.2, 0.25) is 0 Å². The number of benzene rings is 2. The summed E-state index contributed by atoms with van der Waals surface area (Å²) in [5, 5.41) is 11.4. The lowest BCUT2D eigenvalue weighted by molar-refractivity contribution is -0.384. The topological polar surface area (TPSA) is 86.2 Å². The van der Waals surface area contributed by atoms with Gasteiger partial charge in [0.15, 0.2) is 16.6 Å². The van der Waals surface area contributed by atoms with E-state index >= 15 is 0 Å². The van der Waals surface area contributed by atoms with Crippen molar-refractivity contribution in [3.8, 4) is 10.8 Å². The first-order valence-corrected chi connectivity index (χ1v) is 8.84. The molecule has 0 aliphatic heterocycles. The number of hydrogen-bond donors (Lipinski definition) is 0. The first-order valence-electron chi connectivity index (χ1n) is 8.03. The number of ketones is 1. The lowest BCUT2D eigenvalue weighted by Gasteiger charge is -1.95. The van der Waals surface area contributed by atoms with E-state index in [0.717, 1.165) is 15.2 Å². The first-order chi connectivity index (χ1) is 13.1. The van der Waals surface area contributed by atoms with Crippen LogP contribution in [0.3, 0.4) is 0 Å². The number of carbonyl (C=O) groups is 1. The maximum Gasteiger partial charge on any atom is 0.269 e. The van der Waals surface area contributed by atoms with Crippen molar-refractivity contribution in [1.29, 1.82) is 0 Å². The van der Waals surface area contributed by atoms with Crippen molar-refractivity contribution < 1.29 is 14.1 Å². The molecule has 0 aliphatic rings. The average Bonchev–Trinajstić information content (AvgIpc) is 3.32. The van der Waals surface area contributed by atoms with Gasteiger partial charge in [-0.2, -0.15) is 0 Å². The molecule has 0 saturated carbocycles. The molecular formula is C20H12N2O4S. The fourth-order valence-corrected chi connectivity index (χ4v) is 3.46. The number of nitrogens with zero attached hydrogens (tertiary/aromatic N) is 2. The molecule has 0 fully saturated rings. The minimum atomic E-state index is -0.503. The number of rotatable bonds is 5. The molecule has 4 rings (SSSR count). The Kier molecular flexibility index (Phi) is 4.35. The zero-order valence-electron chi connectivity index (χ0n) is 13.9. The molecule has 0 aliphatic carbocycles. The van der Waals surface area contributed by atoms with Gasteiger partial charge in [-0.25, -0.2) is 4.98 Å². The van der Waals surface area contributed by atoms with E-state index in [-0.39, 0.29) is 11.5 Å². The van der Waals surface area contributed by atoms with Gasteiger partial charge in [0.1, 0.15) is 5.76 Å². The number of carbonyl (C=O) groups excluding carboxylic acids is 1. The molecule has 0 N–H and O–H groups in total. The zero-order valence-corrected chi connectivity index (χ0v) is 14.7. The largest absolute Gasteiger partial charge is 0.454 e. The number of furan rings is 1. The number of fused-ring (bicyclic) bond motifs is 1. The highest BCUT2D eigenvalue weighted by atomic mass is 32.1. The van der Waals surface area contributed by atoms with E-state index < -0.39 is 4.92 Å². The van der Waals surface area contributed by atoms with E-state index in [1.165, 1.54) is 41.7 Å². The van der Waals surface area contributed by atoms with E-state index in [1.807, 2.05) is 30.3 Å². The van der Waals surface area contributed by atoms with Gasteiger partial charge in [0.05, 0.1) is 15.1 Å². The smallest absolute Gasteiger partial charge is 0.269 e. The molecule has 2 heterocycles. The van der Waals surface area contributed by atoms with Crippen molar-refractivity contribution in [2.45, 2.75) is 0 Å². The van der Waals surface area contributed by atoms with Crippen LogP contribution in [-0.2, 0) is 0 Å². The number of aromatic nitrogens is 1. The Hall–Kier alpha value is -3.58. The van der Waals surface area contributed by atoms with Crippen LogP contribution in [0.25, 0.3) is 27.1 Å². The molecule has 4 aromatic rings. The van der Waals surface area contributed by atoms with Gasteiger partial charge in [-0.3, -0.25) is 14.9 Å². The fraction of sp³-hybridized carbons (Fsp3) is 0. The van der Waals surface area contributed by atoms with Gasteiger partial charge >= 0.3 is 0 Å². The molecule has 0 spiro atoms. The SMILES string of the molecule is O=C(/C=C/c1ccc(-c2nc3ccccc3s2)o1)c1ccc([N+](=O)[O-])cc1. The number of para-hydroxylation sites is 1. The van der Waals surface area contributed by atoms with Crippen LogP contribution in [-0.4, -0.2) is 15.7 Å². The van der Waals surface area contributed by atoms with Gasteiger partial charge < -0.3 is 4.42 Å². The van der Waals surface area contributed by atoms with Crippen LogP contribution in [0.1, 0.15) is 16.1 Å². The Bertz CT molecular complexity index is 1140. The van der Waals surface area contributed by atoms with Crippen LogP contribution in [0.15, 0.2) is 71.2 Å². The molecule has 7 heteroatoms. The van der Waals surface area contributed by atoms with Gasteiger partial charge in [0, 0.05) is 17.7 Å². The highest BCUT2D eigenvalue weighted by Crippen LogP contribution is 2.31. The Balaban J connectivity index is 1.51. The van der Waals surface area contributed by atoms with Gasteiger partial charge in [0.25, 0.3) is 5.69 Å².